The van der Waals surface area contributed by atoms with E-state index < -0.39 is 5.82 Å². The van der Waals surface area contributed by atoms with E-state index in [1.807, 2.05) is 0 Å². The van der Waals surface area contributed by atoms with Crippen molar-refractivity contribution in [1.29, 1.82) is 0 Å². The number of pyridine rings is 1. The summed E-state index contributed by atoms with van der Waals surface area (Å²) >= 11 is 0. The highest BCUT2D eigenvalue weighted by atomic mass is 19.1. The van der Waals surface area contributed by atoms with Crippen molar-refractivity contribution >= 4 is 0 Å². The third kappa shape index (κ3) is 3.74. The van der Waals surface area contributed by atoms with Crippen molar-refractivity contribution < 1.29 is 9.13 Å². The summed E-state index contributed by atoms with van der Waals surface area (Å²) in [6, 6.07) is 1.70. The predicted octanol–water partition coefficient (Wildman–Crippen LogP) is 1.89. The van der Waals surface area contributed by atoms with Gasteiger partial charge in [0.05, 0.1) is 0 Å². The van der Waals surface area contributed by atoms with Gasteiger partial charge in [-0.1, -0.05) is 13.8 Å². The van der Waals surface area contributed by atoms with Gasteiger partial charge in [-0.15, -0.1) is 5.10 Å². The van der Waals surface area contributed by atoms with E-state index in [9.17, 15) is 4.39 Å². The minimum Gasteiger partial charge on any atom is -0.401 e. The van der Waals surface area contributed by atoms with Crippen LogP contribution >= 0.6 is 0 Å². The molecule has 0 aliphatic rings. The summed E-state index contributed by atoms with van der Waals surface area (Å²) in [5.41, 5.74) is 0.506. The number of nitrogens with zero attached hydrogens (tertiary/aromatic N) is 4. The maximum Gasteiger partial charge on any atom is 0.342 e. The summed E-state index contributed by atoms with van der Waals surface area (Å²) in [4.78, 5) is 7.75. The van der Waals surface area contributed by atoms with Gasteiger partial charge in [0.25, 0.3) is 5.88 Å². The van der Waals surface area contributed by atoms with Crippen LogP contribution in [-0.4, -0.2) is 26.3 Å². The molecule has 0 aromatic carbocycles. The molecule has 0 saturated carbocycles. The first kappa shape index (κ1) is 14.4. The second-order valence-corrected chi connectivity index (χ2v) is 4.92. The molecule has 0 fully saturated rings. The molecule has 2 rings (SSSR count). The molecule has 0 radical (unpaired) electrons. The number of halogens is 1. The van der Waals surface area contributed by atoms with E-state index in [0.29, 0.717) is 18.0 Å². The predicted molar refractivity (Wildman–Crippen MR) is 71.8 cm³/mol. The number of nitrogens with one attached hydrogen (secondary N) is 1. The third-order valence-corrected chi connectivity index (χ3v) is 2.57. The van der Waals surface area contributed by atoms with E-state index >= 15 is 0 Å². The molecule has 0 aliphatic carbocycles. The van der Waals surface area contributed by atoms with Crippen molar-refractivity contribution in [3.63, 3.8) is 0 Å². The van der Waals surface area contributed by atoms with Crippen molar-refractivity contribution in [2.24, 2.45) is 13.0 Å². The fourth-order valence-electron chi connectivity index (χ4n) is 1.62. The van der Waals surface area contributed by atoms with Gasteiger partial charge in [0.1, 0.15) is 6.33 Å². The van der Waals surface area contributed by atoms with E-state index in [1.54, 1.807) is 13.1 Å². The van der Waals surface area contributed by atoms with Gasteiger partial charge in [0.2, 0.25) is 0 Å². The summed E-state index contributed by atoms with van der Waals surface area (Å²) < 4.78 is 20.9. The fourth-order valence-corrected chi connectivity index (χ4v) is 1.62. The molecular formula is C13H18FN5O. The van der Waals surface area contributed by atoms with Crippen LogP contribution in [0.4, 0.5) is 4.39 Å². The van der Waals surface area contributed by atoms with Gasteiger partial charge >= 0.3 is 6.01 Å². The Hall–Kier alpha value is -2.02. The van der Waals surface area contributed by atoms with Gasteiger partial charge in [-0.05, 0) is 18.5 Å². The standard InChI is InChI=1S/C13H18FN5O/c1-9(2)6-15-7-10-4-5-16-12(11(10)14)20-13-17-8-19(3)18-13/h4-5,8-9,15H,6-7H2,1-3H3. The first-order valence-electron chi connectivity index (χ1n) is 6.44. The van der Waals surface area contributed by atoms with Gasteiger partial charge in [-0.2, -0.15) is 4.98 Å². The topological polar surface area (TPSA) is 64.9 Å². The molecule has 20 heavy (non-hydrogen) atoms. The summed E-state index contributed by atoms with van der Waals surface area (Å²) in [7, 11) is 1.70. The lowest BCUT2D eigenvalue weighted by Gasteiger charge is -2.09. The summed E-state index contributed by atoms with van der Waals surface area (Å²) in [6.07, 6.45) is 2.98. The Morgan fingerprint density at radius 3 is 2.85 bits per heavy atom. The Morgan fingerprint density at radius 1 is 1.40 bits per heavy atom. The Labute approximate surface area is 117 Å². The van der Waals surface area contributed by atoms with Crippen LogP contribution in [0.2, 0.25) is 0 Å². The van der Waals surface area contributed by atoms with Crippen molar-refractivity contribution in [2.75, 3.05) is 6.54 Å². The lowest BCUT2D eigenvalue weighted by molar-refractivity contribution is 0.388. The lowest BCUT2D eigenvalue weighted by Crippen LogP contribution is -2.19. The van der Waals surface area contributed by atoms with Crippen LogP contribution < -0.4 is 10.1 Å². The minimum atomic E-state index is -0.490. The molecular weight excluding hydrogens is 261 g/mol. The molecule has 0 atom stereocenters. The molecule has 0 unspecified atom stereocenters. The second-order valence-electron chi connectivity index (χ2n) is 4.92. The van der Waals surface area contributed by atoms with Crippen LogP contribution in [0.1, 0.15) is 19.4 Å². The molecule has 2 aromatic heterocycles. The average Bonchev–Trinajstić information content (AvgIpc) is 2.79. The molecule has 6 nitrogen and oxygen atoms in total. The Balaban J connectivity index is 2.06. The van der Waals surface area contributed by atoms with Crippen LogP contribution in [0.25, 0.3) is 0 Å². The maximum absolute atomic E-state index is 14.2. The van der Waals surface area contributed by atoms with Crippen molar-refractivity contribution in [1.82, 2.24) is 25.1 Å². The number of hydrogen-bond acceptors (Lipinski definition) is 5. The van der Waals surface area contributed by atoms with Crippen LogP contribution in [0.15, 0.2) is 18.6 Å². The van der Waals surface area contributed by atoms with Crippen molar-refractivity contribution in [2.45, 2.75) is 20.4 Å². The Bertz CT molecular complexity index is 570. The molecule has 0 bridgehead atoms. The molecule has 0 aliphatic heterocycles. The highest BCUT2D eigenvalue weighted by Gasteiger charge is 2.13. The Kier molecular flexibility index (Phi) is 4.62. The van der Waals surface area contributed by atoms with Crippen LogP contribution in [0, 0.1) is 11.7 Å². The largest absolute Gasteiger partial charge is 0.401 e. The molecule has 0 spiro atoms. The molecule has 2 aromatic rings. The second kappa shape index (κ2) is 6.42. The van der Waals surface area contributed by atoms with E-state index in [2.05, 4.69) is 34.2 Å². The molecule has 1 N–H and O–H groups in total. The summed E-state index contributed by atoms with van der Waals surface area (Å²) in [6.45, 7) is 5.44. The van der Waals surface area contributed by atoms with Gasteiger partial charge < -0.3 is 10.1 Å². The number of hydrogen-bond donors (Lipinski definition) is 1. The SMILES string of the molecule is CC(C)CNCc1ccnc(Oc2ncn(C)n2)c1F. The minimum absolute atomic E-state index is 0.0752. The molecule has 7 heteroatoms. The van der Waals surface area contributed by atoms with Gasteiger partial charge in [-0.25, -0.2) is 9.37 Å². The molecule has 0 amide bonds. The van der Waals surface area contributed by atoms with E-state index in [0.717, 1.165) is 6.54 Å². The number of rotatable bonds is 6. The highest BCUT2D eigenvalue weighted by molar-refractivity contribution is 5.25. The molecule has 2 heterocycles. The molecule has 108 valence electrons. The van der Waals surface area contributed by atoms with Crippen LogP contribution in [0.3, 0.4) is 0 Å². The van der Waals surface area contributed by atoms with Crippen LogP contribution in [-0.2, 0) is 13.6 Å². The fraction of sp³-hybridized carbons (Fsp3) is 0.462. The van der Waals surface area contributed by atoms with E-state index in [-0.39, 0.29) is 11.9 Å². The third-order valence-electron chi connectivity index (χ3n) is 2.57. The number of aromatic nitrogens is 4. The van der Waals surface area contributed by atoms with Gasteiger partial charge in [0.15, 0.2) is 5.82 Å². The van der Waals surface area contributed by atoms with Crippen LogP contribution in [0.5, 0.6) is 11.9 Å². The van der Waals surface area contributed by atoms with E-state index in [1.165, 1.54) is 17.2 Å². The van der Waals surface area contributed by atoms with Gasteiger partial charge in [0, 0.05) is 25.4 Å². The maximum atomic E-state index is 14.2. The monoisotopic (exact) mass is 279 g/mol. The number of aryl methyl sites for hydroxylation is 1. The normalized spacial score (nSPS) is 11.1. The quantitative estimate of drug-likeness (QED) is 0.874. The molecule has 0 saturated heterocycles. The Morgan fingerprint density at radius 2 is 2.20 bits per heavy atom. The average molecular weight is 279 g/mol. The van der Waals surface area contributed by atoms with Crippen molar-refractivity contribution in [3.05, 3.63) is 30.0 Å². The zero-order chi connectivity index (χ0) is 14.5. The van der Waals surface area contributed by atoms with E-state index in [4.69, 9.17) is 4.74 Å². The smallest absolute Gasteiger partial charge is 0.342 e. The lowest BCUT2D eigenvalue weighted by atomic mass is 10.2. The first-order chi connectivity index (χ1) is 9.56. The van der Waals surface area contributed by atoms with Crippen molar-refractivity contribution in [3.8, 4) is 11.9 Å². The highest BCUT2D eigenvalue weighted by Crippen LogP contribution is 2.21. The zero-order valence-corrected chi connectivity index (χ0v) is 11.8. The number of ether oxygens (including phenoxy) is 1. The summed E-state index contributed by atoms with van der Waals surface area (Å²) in [5.74, 6) is -0.0930. The summed E-state index contributed by atoms with van der Waals surface area (Å²) in [5, 5.41) is 7.10. The first-order valence-corrected chi connectivity index (χ1v) is 6.44. The van der Waals surface area contributed by atoms with Gasteiger partial charge in [-0.3, -0.25) is 4.68 Å². The zero-order valence-electron chi connectivity index (χ0n) is 11.8.